The predicted octanol–water partition coefficient (Wildman–Crippen LogP) is -4.77. The summed E-state index contributed by atoms with van der Waals surface area (Å²) in [5, 5.41) is 0. The fourth-order valence-electron chi connectivity index (χ4n) is 0.105. The van der Waals surface area contributed by atoms with Crippen LogP contribution in [0.5, 0.6) is 0 Å². The van der Waals surface area contributed by atoms with Gasteiger partial charge in [-0.1, -0.05) is 34.8 Å². The summed E-state index contributed by atoms with van der Waals surface area (Å²) in [6, 6.07) is 0. The Morgan fingerprint density at radius 1 is 1.36 bits per heavy atom. The standard InChI is InChI=1S/C3Cl3NO2.ClH.Na/c4-3(5,6)2(9)7-1-8;;/h;1H;/q;;+1/p-1. The van der Waals surface area contributed by atoms with Gasteiger partial charge in [0.2, 0.25) is 6.08 Å². The van der Waals surface area contributed by atoms with Crippen molar-refractivity contribution in [2.75, 3.05) is 0 Å². The first-order valence-electron chi connectivity index (χ1n) is 1.67. The molecular formula is C3Cl4NNaO2. The maximum atomic E-state index is 10.2. The summed E-state index contributed by atoms with van der Waals surface area (Å²) in [6.45, 7) is 0. The van der Waals surface area contributed by atoms with E-state index in [1.54, 1.807) is 0 Å². The van der Waals surface area contributed by atoms with E-state index in [1.165, 1.54) is 0 Å². The third kappa shape index (κ3) is 9.12. The number of hydrogen-bond acceptors (Lipinski definition) is 2. The molecule has 0 bridgehead atoms. The van der Waals surface area contributed by atoms with Crippen molar-refractivity contribution in [3.8, 4) is 0 Å². The Morgan fingerprint density at radius 3 is 1.82 bits per heavy atom. The van der Waals surface area contributed by atoms with Crippen molar-refractivity contribution in [1.29, 1.82) is 0 Å². The maximum Gasteiger partial charge on any atom is 1.00 e. The number of hydrogen-bond donors (Lipinski definition) is 0. The van der Waals surface area contributed by atoms with Gasteiger partial charge in [-0.25, -0.2) is 4.79 Å². The van der Waals surface area contributed by atoms with E-state index >= 15 is 0 Å². The van der Waals surface area contributed by atoms with E-state index in [-0.39, 0.29) is 42.0 Å². The molecule has 0 radical (unpaired) electrons. The zero-order valence-electron chi connectivity index (χ0n) is 5.28. The monoisotopic (exact) mass is 245 g/mol. The van der Waals surface area contributed by atoms with Crippen molar-refractivity contribution in [3.05, 3.63) is 0 Å². The van der Waals surface area contributed by atoms with Crippen LogP contribution in [0.1, 0.15) is 0 Å². The van der Waals surface area contributed by atoms with Gasteiger partial charge in [-0.05, 0) is 0 Å². The molecule has 11 heavy (non-hydrogen) atoms. The molecule has 58 valence electrons. The van der Waals surface area contributed by atoms with Gasteiger partial charge in [-0.2, -0.15) is 0 Å². The Hall–Kier alpha value is 1.21. The third-order valence-electron chi connectivity index (χ3n) is 0.390. The van der Waals surface area contributed by atoms with Crippen LogP contribution in [-0.2, 0) is 9.59 Å². The molecule has 0 saturated carbocycles. The first-order chi connectivity index (χ1) is 3.98. The average Bonchev–Trinajstić information content (AvgIpc) is 1.64. The van der Waals surface area contributed by atoms with Gasteiger partial charge in [0.1, 0.15) is 0 Å². The van der Waals surface area contributed by atoms with Crippen LogP contribution in [-0.4, -0.2) is 15.8 Å². The summed E-state index contributed by atoms with van der Waals surface area (Å²) < 4.78 is -2.14. The van der Waals surface area contributed by atoms with E-state index in [0.717, 1.165) is 6.08 Å². The van der Waals surface area contributed by atoms with Crippen molar-refractivity contribution in [1.82, 2.24) is 0 Å². The van der Waals surface area contributed by atoms with Gasteiger partial charge < -0.3 is 12.4 Å². The molecule has 3 nitrogen and oxygen atoms in total. The predicted molar refractivity (Wildman–Crippen MR) is 33.4 cm³/mol. The fourth-order valence-corrected chi connectivity index (χ4v) is 0.232. The Morgan fingerprint density at radius 2 is 1.73 bits per heavy atom. The molecule has 0 rings (SSSR count). The van der Waals surface area contributed by atoms with E-state index < -0.39 is 9.70 Å². The molecule has 8 heteroatoms. The Balaban J connectivity index is -0.000000320. The Kier molecular flexibility index (Phi) is 12.9. The number of carbonyl (C=O) groups is 1. The summed E-state index contributed by atoms with van der Waals surface area (Å²) in [4.78, 5) is 22.2. The zero-order chi connectivity index (χ0) is 7.49. The molecule has 0 unspecified atom stereocenters. The summed E-state index contributed by atoms with van der Waals surface area (Å²) >= 11 is 14.9. The van der Waals surface area contributed by atoms with Crippen LogP contribution in [0.4, 0.5) is 0 Å². The van der Waals surface area contributed by atoms with Crippen LogP contribution >= 0.6 is 34.8 Å². The Bertz CT molecular complexity index is 173. The number of nitrogens with zero attached hydrogens (tertiary/aromatic N) is 1. The molecule has 0 aliphatic rings. The maximum absolute atomic E-state index is 10.2. The number of halogens is 4. The van der Waals surface area contributed by atoms with Crippen LogP contribution in [0.15, 0.2) is 4.99 Å². The summed E-state index contributed by atoms with van der Waals surface area (Å²) in [7, 11) is 0. The van der Waals surface area contributed by atoms with E-state index in [1.807, 2.05) is 0 Å². The second-order valence-corrected chi connectivity index (χ2v) is 3.29. The first-order valence-corrected chi connectivity index (χ1v) is 2.81. The largest absolute Gasteiger partial charge is 1.00 e. The number of aliphatic imine (C=N–C) groups is 1. The molecule has 0 aromatic rings. The Labute approximate surface area is 106 Å². The molecule has 0 aromatic heterocycles. The van der Waals surface area contributed by atoms with Gasteiger partial charge in [0.25, 0.3) is 3.79 Å². The van der Waals surface area contributed by atoms with Crippen molar-refractivity contribution < 1.29 is 51.6 Å². The van der Waals surface area contributed by atoms with Crippen molar-refractivity contribution in [2.24, 2.45) is 4.99 Å². The molecule has 0 atom stereocenters. The fraction of sp³-hybridized carbons (Fsp3) is 0.333. The summed E-state index contributed by atoms with van der Waals surface area (Å²) in [5.74, 6) is -1.14. The SMILES string of the molecule is O=C=NC(=O)C(Cl)(Cl)Cl.[Cl-].[Na+]. The minimum Gasteiger partial charge on any atom is -1.00 e. The van der Waals surface area contributed by atoms with Crippen molar-refractivity contribution >= 4 is 46.8 Å². The second kappa shape index (κ2) is 7.84. The number of rotatable bonds is 0. The normalized spacial score (nSPS) is 8.27. The van der Waals surface area contributed by atoms with Crippen LogP contribution < -0.4 is 42.0 Å². The van der Waals surface area contributed by atoms with Crippen LogP contribution in [0, 0.1) is 0 Å². The van der Waals surface area contributed by atoms with Crippen molar-refractivity contribution in [3.63, 3.8) is 0 Å². The molecule has 1 amide bonds. The molecule has 0 spiro atoms. The number of amides is 1. The van der Waals surface area contributed by atoms with E-state index in [9.17, 15) is 9.59 Å². The molecule has 0 heterocycles. The second-order valence-electron chi connectivity index (χ2n) is 1.01. The van der Waals surface area contributed by atoms with Gasteiger partial charge in [-0.3, -0.25) is 4.79 Å². The molecule has 0 saturated heterocycles. The van der Waals surface area contributed by atoms with Crippen molar-refractivity contribution in [2.45, 2.75) is 3.79 Å². The minimum atomic E-state index is -2.14. The minimum absolute atomic E-state index is 0. The van der Waals surface area contributed by atoms with E-state index in [4.69, 9.17) is 34.8 Å². The number of isocyanates is 1. The number of carbonyl (C=O) groups excluding carboxylic acids is 2. The molecule has 0 aliphatic heterocycles. The quantitative estimate of drug-likeness (QED) is 0.187. The van der Waals surface area contributed by atoms with E-state index in [2.05, 4.69) is 4.99 Å². The summed E-state index contributed by atoms with van der Waals surface area (Å²) in [6.07, 6.45) is 0.946. The van der Waals surface area contributed by atoms with E-state index in [0.29, 0.717) is 0 Å². The summed E-state index contributed by atoms with van der Waals surface area (Å²) in [5.41, 5.74) is 0. The smallest absolute Gasteiger partial charge is 1.00 e. The van der Waals surface area contributed by atoms with Crippen LogP contribution in [0.2, 0.25) is 0 Å². The van der Waals surface area contributed by atoms with Gasteiger partial charge >= 0.3 is 35.5 Å². The molecule has 0 N–H and O–H groups in total. The van der Waals surface area contributed by atoms with Crippen LogP contribution in [0.3, 0.4) is 0 Å². The molecule has 0 fully saturated rings. The van der Waals surface area contributed by atoms with Gasteiger partial charge in [-0.15, -0.1) is 4.99 Å². The van der Waals surface area contributed by atoms with Gasteiger partial charge in [0, 0.05) is 0 Å². The zero-order valence-corrected chi connectivity index (χ0v) is 10.3. The average molecular weight is 247 g/mol. The first kappa shape index (κ1) is 18.1. The van der Waals surface area contributed by atoms with Gasteiger partial charge in [0.15, 0.2) is 0 Å². The molecule has 0 aromatic carbocycles. The topological polar surface area (TPSA) is 46.5 Å². The third-order valence-corrected chi connectivity index (χ3v) is 0.875. The van der Waals surface area contributed by atoms with Crippen LogP contribution in [0.25, 0.3) is 0 Å². The van der Waals surface area contributed by atoms with Gasteiger partial charge in [0.05, 0.1) is 0 Å². The number of alkyl halides is 3. The molecule has 0 aliphatic carbocycles. The molecular weight excluding hydrogens is 247 g/mol.